The van der Waals surface area contributed by atoms with Crippen LogP contribution in [0.2, 0.25) is 0 Å². The third kappa shape index (κ3) is 5.16. The van der Waals surface area contributed by atoms with Gasteiger partial charge in [0.15, 0.2) is 0 Å². The fourth-order valence-electron chi connectivity index (χ4n) is 2.55. The summed E-state index contributed by atoms with van der Waals surface area (Å²) in [4.78, 5) is 23.9. The molecule has 0 aromatic rings. The molecule has 0 atom stereocenters. The van der Waals surface area contributed by atoms with Gasteiger partial charge in [-0.1, -0.05) is 18.9 Å². The van der Waals surface area contributed by atoms with Crippen molar-refractivity contribution in [1.29, 1.82) is 0 Å². The average Bonchev–Trinajstić information content (AvgIpc) is 2.82. The van der Waals surface area contributed by atoms with E-state index in [1.165, 1.54) is 0 Å². The molecule has 21 heavy (non-hydrogen) atoms. The number of ether oxygens (including phenoxy) is 2. The molecule has 1 N–H and O–H groups in total. The largest absolute Gasteiger partial charge is 0.481 e. The van der Waals surface area contributed by atoms with Crippen LogP contribution in [0.1, 0.15) is 52.9 Å². The highest BCUT2D eigenvalue weighted by Crippen LogP contribution is 2.41. The van der Waals surface area contributed by atoms with Crippen molar-refractivity contribution in [1.82, 2.24) is 0 Å². The summed E-state index contributed by atoms with van der Waals surface area (Å²) in [6, 6.07) is 0. The molecule has 120 valence electrons. The first-order chi connectivity index (χ1) is 9.70. The van der Waals surface area contributed by atoms with Crippen molar-refractivity contribution in [3.8, 4) is 0 Å². The second-order valence-electron chi connectivity index (χ2n) is 6.58. The highest BCUT2D eigenvalue weighted by molar-refractivity contribution is 5.90. The van der Waals surface area contributed by atoms with Gasteiger partial charge in [0, 0.05) is 19.1 Å². The van der Waals surface area contributed by atoms with Crippen molar-refractivity contribution in [2.45, 2.75) is 58.5 Å². The predicted octanol–water partition coefficient (Wildman–Crippen LogP) is 2.94. The van der Waals surface area contributed by atoms with E-state index in [0.29, 0.717) is 31.4 Å². The zero-order chi connectivity index (χ0) is 16.1. The summed E-state index contributed by atoms with van der Waals surface area (Å²) in [5.41, 5.74) is -1.13. The standard InChI is InChI=1S/C16H26O5/c1-15(2,3)21-13(17)12(7-10-20-4)11-16(14(18)19)8-5-6-9-16/h11H,5-10H2,1-4H3,(H,18,19)/b12-11-. The van der Waals surface area contributed by atoms with Crippen molar-refractivity contribution in [3.63, 3.8) is 0 Å². The van der Waals surface area contributed by atoms with Crippen LogP contribution in [0, 0.1) is 5.41 Å². The Labute approximate surface area is 126 Å². The van der Waals surface area contributed by atoms with E-state index in [2.05, 4.69) is 0 Å². The van der Waals surface area contributed by atoms with Crippen molar-refractivity contribution in [3.05, 3.63) is 11.6 Å². The van der Waals surface area contributed by atoms with Gasteiger partial charge in [0.1, 0.15) is 5.60 Å². The summed E-state index contributed by atoms with van der Waals surface area (Å²) in [6.07, 6.45) is 4.85. The molecule has 1 aliphatic carbocycles. The lowest BCUT2D eigenvalue weighted by Crippen LogP contribution is -2.29. The van der Waals surface area contributed by atoms with E-state index in [0.717, 1.165) is 12.8 Å². The summed E-state index contributed by atoms with van der Waals surface area (Å²) in [6.45, 7) is 5.74. The molecule has 0 amide bonds. The molecule has 0 aromatic heterocycles. The van der Waals surface area contributed by atoms with Crippen LogP contribution in [-0.4, -0.2) is 36.4 Å². The molecule has 0 radical (unpaired) electrons. The van der Waals surface area contributed by atoms with E-state index in [4.69, 9.17) is 9.47 Å². The highest BCUT2D eigenvalue weighted by Gasteiger charge is 2.40. The first-order valence-corrected chi connectivity index (χ1v) is 7.38. The Hall–Kier alpha value is -1.36. The molecule has 1 rings (SSSR count). The van der Waals surface area contributed by atoms with E-state index in [1.807, 2.05) is 0 Å². The van der Waals surface area contributed by atoms with Crippen LogP contribution in [-0.2, 0) is 19.1 Å². The van der Waals surface area contributed by atoms with E-state index in [1.54, 1.807) is 34.0 Å². The molecule has 1 aliphatic rings. The van der Waals surface area contributed by atoms with Crippen LogP contribution in [0.4, 0.5) is 0 Å². The third-order valence-electron chi connectivity index (χ3n) is 3.61. The monoisotopic (exact) mass is 298 g/mol. The number of aliphatic carboxylic acids is 1. The smallest absolute Gasteiger partial charge is 0.334 e. The van der Waals surface area contributed by atoms with Crippen molar-refractivity contribution < 1.29 is 24.2 Å². The average molecular weight is 298 g/mol. The molecule has 5 heteroatoms. The summed E-state index contributed by atoms with van der Waals surface area (Å²) in [7, 11) is 1.55. The van der Waals surface area contributed by atoms with E-state index >= 15 is 0 Å². The Balaban J connectivity index is 3.02. The molecule has 0 bridgehead atoms. The van der Waals surface area contributed by atoms with Crippen LogP contribution in [0.15, 0.2) is 11.6 Å². The number of carbonyl (C=O) groups is 2. The summed E-state index contributed by atoms with van der Waals surface area (Å²) >= 11 is 0. The maximum Gasteiger partial charge on any atom is 0.334 e. The summed E-state index contributed by atoms with van der Waals surface area (Å²) in [5.74, 6) is -1.31. The maximum absolute atomic E-state index is 12.3. The molecular weight excluding hydrogens is 272 g/mol. The summed E-state index contributed by atoms with van der Waals surface area (Å²) < 4.78 is 10.4. The second kappa shape index (κ2) is 7.07. The van der Waals surface area contributed by atoms with Crippen LogP contribution in [0.25, 0.3) is 0 Å². The molecule has 0 saturated heterocycles. The second-order valence-corrected chi connectivity index (χ2v) is 6.58. The first kappa shape index (κ1) is 17.7. The molecule has 1 fully saturated rings. The lowest BCUT2D eigenvalue weighted by Gasteiger charge is -2.24. The van der Waals surface area contributed by atoms with Crippen LogP contribution >= 0.6 is 0 Å². The Bertz CT molecular complexity index is 411. The zero-order valence-corrected chi connectivity index (χ0v) is 13.4. The van der Waals surface area contributed by atoms with Crippen LogP contribution in [0.3, 0.4) is 0 Å². The quantitative estimate of drug-likeness (QED) is 0.603. The lowest BCUT2D eigenvalue weighted by molar-refractivity contribution is -0.150. The molecular formula is C16H26O5. The van der Waals surface area contributed by atoms with E-state index in [9.17, 15) is 14.7 Å². The van der Waals surface area contributed by atoms with Gasteiger partial charge in [-0.15, -0.1) is 0 Å². The zero-order valence-electron chi connectivity index (χ0n) is 13.4. The fraction of sp³-hybridized carbons (Fsp3) is 0.750. The fourth-order valence-corrected chi connectivity index (χ4v) is 2.55. The molecule has 0 aromatic carbocycles. The molecule has 0 heterocycles. The van der Waals surface area contributed by atoms with Gasteiger partial charge in [0.05, 0.1) is 12.0 Å². The number of rotatable bonds is 6. The van der Waals surface area contributed by atoms with Gasteiger partial charge in [-0.3, -0.25) is 4.79 Å². The lowest BCUT2D eigenvalue weighted by atomic mass is 9.83. The number of esters is 1. The van der Waals surface area contributed by atoms with E-state index in [-0.39, 0.29) is 0 Å². The van der Waals surface area contributed by atoms with Crippen molar-refractivity contribution in [2.24, 2.45) is 5.41 Å². The maximum atomic E-state index is 12.3. The number of carboxylic acid groups (broad SMARTS) is 1. The molecule has 0 unspecified atom stereocenters. The molecule has 0 spiro atoms. The minimum absolute atomic E-state index is 0.362. The van der Waals surface area contributed by atoms with Gasteiger partial charge in [-0.2, -0.15) is 0 Å². The Morgan fingerprint density at radius 2 is 1.81 bits per heavy atom. The molecule has 0 aliphatic heterocycles. The number of carbonyl (C=O) groups excluding carboxylic acids is 1. The van der Waals surface area contributed by atoms with Gasteiger partial charge in [-0.25, -0.2) is 4.79 Å². The van der Waals surface area contributed by atoms with Crippen LogP contribution in [0.5, 0.6) is 0 Å². The van der Waals surface area contributed by atoms with Gasteiger partial charge in [-0.05, 0) is 33.6 Å². The molecule has 1 saturated carbocycles. The number of methoxy groups -OCH3 is 1. The number of carboxylic acids is 1. The normalized spacial score (nSPS) is 18.6. The SMILES string of the molecule is COCC/C(=C/C1(C(=O)O)CCCC1)C(=O)OC(C)(C)C. The van der Waals surface area contributed by atoms with Gasteiger partial charge < -0.3 is 14.6 Å². The Kier molecular flexibility index (Phi) is 5.96. The number of hydrogen-bond donors (Lipinski definition) is 1. The van der Waals surface area contributed by atoms with Crippen molar-refractivity contribution >= 4 is 11.9 Å². The van der Waals surface area contributed by atoms with Crippen LogP contribution < -0.4 is 0 Å². The Morgan fingerprint density at radius 1 is 1.24 bits per heavy atom. The van der Waals surface area contributed by atoms with Crippen molar-refractivity contribution in [2.75, 3.05) is 13.7 Å². The number of hydrogen-bond acceptors (Lipinski definition) is 4. The first-order valence-electron chi connectivity index (χ1n) is 7.38. The third-order valence-corrected chi connectivity index (χ3v) is 3.61. The van der Waals surface area contributed by atoms with Gasteiger partial charge in [0.2, 0.25) is 0 Å². The Morgan fingerprint density at radius 3 is 2.24 bits per heavy atom. The highest BCUT2D eigenvalue weighted by atomic mass is 16.6. The van der Waals surface area contributed by atoms with Gasteiger partial charge in [0.25, 0.3) is 0 Å². The minimum atomic E-state index is -0.931. The molecule has 5 nitrogen and oxygen atoms in total. The minimum Gasteiger partial charge on any atom is -0.481 e. The predicted molar refractivity (Wildman–Crippen MR) is 79.0 cm³/mol. The topological polar surface area (TPSA) is 72.8 Å². The van der Waals surface area contributed by atoms with E-state index < -0.39 is 23.0 Å². The van der Waals surface area contributed by atoms with Gasteiger partial charge >= 0.3 is 11.9 Å². The summed E-state index contributed by atoms with van der Waals surface area (Å²) in [5, 5.41) is 9.52.